The van der Waals surface area contributed by atoms with Gasteiger partial charge in [-0.3, -0.25) is 0 Å². The molecule has 0 aliphatic heterocycles. The third kappa shape index (κ3) is 4.42. The first kappa shape index (κ1) is 16.2. The van der Waals surface area contributed by atoms with Crippen molar-refractivity contribution in [3.05, 3.63) is 71.3 Å². The first-order chi connectivity index (χ1) is 10.7. The van der Waals surface area contributed by atoms with E-state index in [4.69, 9.17) is 10.4 Å². The molecular formula is C19H22N2O. The molecule has 0 spiro atoms. The summed E-state index contributed by atoms with van der Waals surface area (Å²) in [7, 11) is 0. The van der Waals surface area contributed by atoms with Crippen molar-refractivity contribution in [3.63, 3.8) is 0 Å². The summed E-state index contributed by atoms with van der Waals surface area (Å²) in [5, 5.41) is 21.8. The van der Waals surface area contributed by atoms with Crippen molar-refractivity contribution in [1.29, 1.82) is 5.26 Å². The molecule has 2 unspecified atom stereocenters. The lowest BCUT2D eigenvalue weighted by Crippen LogP contribution is -2.25. The third-order valence-electron chi connectivity index (χ3n) is 3.82. The summed E-state index contributed by atoms with van der Waals surface area (Å²) >= 11 is 0. The number of hydrogen-bond donors (Lipinski definition) is 2. The molecule has 2 aromatic carbocycles. The number of nitriles is 1. The molecule has 0 heterocycles. The maximum Gasteiger partial charge on any atom is 0.0991 e. The molecule has 2 aromatic rings. The fraction of sp³-hybridized carbons (Fsp3) is 0.316. The van der Waals surface area contributed by atoms with Crippen molar-refractivity contribution >= 4 is 0 Å². The zero-order chi connectivity index (χ0) is 15.8. The predicted molar refractivity (Wildman–Crippen MR) is 88.2 cm³/mol. The maximum atomic E-state index is 9.12. The number of aliphatic hydroxyl groups is 1. The molecule has 0 aliphatic carbocycles. The van der Waals surface area contributed by atoms with Crippen molar-refractivity contribution in [2.24, 2.45) is 0 Å². The average Bonchev–Trinajstić information content (AvgIpc) is 2.59. The van der Waals surface area contributed by atoms with Crippen LogP contribution in [0.4, 0.5) is 0 Å². The molecular weight excluding hydrogens is 272 g/mol. The van der Waals surface area contributed by atoms with Crippen LogP contribution in [-0.2, 0) is 0 Å². The lowest BCUT2D eigenvalue weighted by molar-refractivity contribution is 0.272. The highest BCUT2D eigenvalue weighted by Gasteiger charge is 2.15. The minimum atomic E-state index is 0.136. The molecule has 0 aliphatic rings. The Morgan fingerprint density at radius 2 is 1.82 bits per heavy atom. The molecule has 2 N–H and O–H groups in total. The molecule has 0 amide bonds. The van der Waals surface area contributed by atoms with E-state index in [1.165, 1.54) is 5.56 Å². The zero-order valence-corrected chi connectivity index (χ0v) is 12.9. The van der Waals surface area contributed by atoms with Crippen LogP contribution in [0, 0.1) is 11.3 Å². The van der Waals surface area contributed by atoms with Gasteiger partial charge in [-0.1, -0.05) is 42.5 Å². The van der Waals surface area contributed by atoms with Gasteiger partial charge in [0.25, 0.3) is 0 Å². The van der Waals surface area contributed by atoms with E-state index in [2.05, 4.69) is 30.4 Å². The van der Waals surface area contributed by atoms with Crippen LogP contribution in [0.5, 0.6) is 0 Å². The smallest absolute Gasteiger partial charge is 0.0991 e. The highest BCUT2D eigenvalue weighted by molar-refractivity contribution is 5.34. The summed E-state index contributed by atoms with van der Waals surface area (Å²) in [5.41, 5.74) is 3.00. The molecule has 0 saturated carbocycles. The Morgan fingerprint density at radius 3 is 2.50 bits per heavy atom. The van der Waals surface area contributed by atoms with Gasteiger partial charge in [0.15, 0.2) is 0 Å². The van der Waals surface area contributed by atoms with Gasteiger partial charge < -0.3 is 10.4 Å². The van der Waals surface area contributed by atoms with Crippen LogP contribution in [0.2, 0.25) is 0 Å². The van der Waals surface area contributed by atoms with Gasteiger partial charge in [0.2, 0.25) is 0 Å². The van der Waals surface area contributed by atoms with Crippen LogP contribution in [-0.4, -0.2) is 11.7 Å². The minimum Gasteiger partial charge on any atom is -0.396 e. The normalized spacial score (nSPS) is 13.3. The molecule has 0 saturated heterocycles. The van der Waals surface area contributed by atoms with Crippen LogP contribution in [0.3, 0.4) is 0 Å². The Labute approximate surface area is 132 Å². The van der Waals surface area contributed by atoms with Gasteiger partial charge in [-0.2, -0.15) is 5.26 Å². The zero-order valence-electron chi connectivity index (χ0n) is 12.9. The minimum absolute atomic E-state index is 0.136. The highest BCUT2D eigenvalue weighted by atomic mass is 16.2. The Kier molecular flexibility index (Phi) is 6.14. The third-order valence-corrected chi connectivity index (χ3v) is 3.82. The van der Waals surface area contributed by atoms with E-state index in [0.717, 1.165) is 18.4 Å². The Hall–Kier alpha value is -2.15. The van der Waals surface area contributed by atoms with Crippen molar-refractivity contribution in [2.45, 2.75) is 31.8 Å². The maximum absolute atomic E-state index is 9.12. The van der Waals surface area contributed by atoms with Gasteiger partial charge >= 0.3 is 0 Å². The van der Waals surface area contributed by atoms with Gasteiger partial charge in [0.1, 0.15) is 0 Å². The Bertz CT molecular complexity index is 619. The summed E-state index contributed by atoms with van der Waals surface area (Å²) in [6.45, 7) is 2.30. The SMILES string of the molecule is CC(NC(CCCO)c1ccccc1)c1cccc(C#N)c1. The lowest BCUT2D eigenvalue weighted by atomic mass is 9.99. The predicted octanol–water partition coefficient (Wildman–Crippen LogP) is 3.72. The number of rotatable bonds is 7. The molecule has 114 valence electrons. The second-order valence-electron chi connectivity index (χ2n) is 5.45. The summed E-state index contributed by atoms with van der Waals surface area (Å²) < 4.78 is 0. The van der Waals surface area contributed by atoms with Gasteiger partial charge in [-0.25, -0.2) is 0 Å². The number of aliphatic hydroxyl groups excluding tert-OH is 1. The van der Waals surface area contributed by atoms with Crippen LogP contribution >= 0.6 is 0 Å². The second kappa shape index (κ2) is 8.33. The van der Waals surface area contributed by atoms with Crippen molar-refractivity contribution in [2.75, 3.05) is 6.61 Å². The van der Waals surface area contributed by atoms with E-state index < -0.39 is 0 Å². The van der Waals surface area contributed by atoms with Crippen molar-refractivity contribution in [1.82, 2.24) is 5.32 Å². The largest absolute Gasteiger partial charge is 0.396 e. The second-order valence-corrected chi connectivity index (χ2v) is 5.45. The average molecular weight is 294 g/mol. The Morgan fingerprint density at radius 1 is 1.09 bits per heavy atom. The van der Waals surface area contributed by atoms with E-state index in [1.807, 2.05) is 42.5 Å². The molecule has 2 rings (SSSR count). The van der Waals surface area contributed by atoms with Crippen LogP contribution < -0.4 is 5.32 Å². The first-order valence-corrected chi connectivity index (χ1v) is 7.66. The van der Waals surface area contributed by atoms with Crippen molar-refractivity contribution < 1.29 is 5.11 Å². The molecule has 2 atom stereocenters. The van der Waals surface area contributed by atoms with Gasteiger partial charge in [-0.05, 0) is 43.0 Å². The molecule has 0 radical (unpaired) electrons. The molecule has 0 fully saturated rings. The standard InChI is InChI=1S/C19H22N2O/c1-15(18-10-5-7-16(13-18)14-20)21-19(11-6-12-22)17-8-3-2-4-9-17/h2-5,7-10,13,15,19,21-22H,6,11-12H2,1H3. The molecule has 3 nitrogen and oxygen atoms in total. The fourth-order valence-electron chi connectivity index (χ4n) is 2.60. The van der Waals surface area contributed by atoms with Crippen LogP contribution in [0.25, 0.3) is 0 Å². The Balaban J connectivity index is 2.13. The summed E-state index contributed by atoms with van der Waals surface area (Å²) in [4.78, 5) is 0. The highest BCUT2D eigenvalue weighted by Crippen LogP contribution is 2.23. The van der Waals surface area contributed by atoms with E-state index >= 15 is 0 Å². The number of nitrogens with one attached hydrogen (secondary N) is 1. The van der Waals surface area contributed by atoms with E-state index in [1.54, 1.807) is 0 Å². The number of hydrogen-bond acceptors (Lipinski definition) is 3. The molecule has 3 heteroatoms. The monoisotopic (exact) mass is 294 g/mol. The van der Waals surface area contributed by atoms with Crippen LogP contribution in [0.15, 0.2) is 54.6 Å². The van der Waals surface area contributed by atoms with Crippen molar-refractivity contribution in [3.8, 4) is 6.07 Å². The quantitative estimate of drug-likeness (QED) is 0.818. The first-order valence-electron chi connectivity index (χ1n) is 7.66. The number of benzene rings is 2. The topological polar surface area (TPSA) is 56.0 Å². The van der Waals surface area contributed by atoms with E-state index in [-0.39, 0.29) is 18.7 Å². The molecule has 22 heavy (non-hydrogen) atoms. The lowest BCUT2D eigenvalue weighted by Gasteiger charge is -2.24. The molecule has 0 bridgehead atoms. The van der Waals surface area contributed by atoms with Crippen LogP contribution in [0.1, 0.15) is 48.5 Å². The number of nitrogens with zero attached hydrogens (tertiary/aromatic N) is 1. The molecule has 0 aromatic heterocycles. The fourth-order valence-corrected chi connectivity index (χ4v) is 2.60. The van der Waals surface area contributed by atoms with E-state index in [9.17, 15) is 0 Å². The van der Waals surface area contributed by atoms with E-state index in [0.29, 0.717) is 5.56 Å². The summed E-state index contributed by atoms with van der Waals surface area (Å²) in [5.74, 6) is 0. The van der Waals surface area contributed by atoms with Gasteiger partial charge in [0, 0.05) is 18.7 Å². The van der Waals surface area contributed by atoms with Gasteiger partial charge in [0.05, 0.1) is 11.6 Å². The summed E-state index contributed by atoms with van der Waals surface area (Å²) in [6, 6.07) is 20.5. The summed E-state index contributed by atoms with van der Waals surface area (Å²) in [6.07, 6.45) is 1.64. The van der Waals surface area contributed by atoms with Gasteiger partial charge in [-0.15, -0.1) is 0 Å².